The van der Waals surface area contributed by atoms with Crippen molar-refractivity contribution in [3.8, 4) is 0 Å². The number of rotatable bonds is 2. The van der Waals surface area contributed by atoms with Gasteiger partial charge in [-0.15, -0.1) is 0 Å². The summed E-state index contributed by atoms with van der Waals surface area (Å²) in [5.74, 6) is 0. The molecule has 5 nitrogen and oxygen atoms in total. The molecule has 1 rings (SSSR count). The highest BCUT2D eigenvalue weighted by Crippen LogP contribution is 2.24. The lowest BCUT2D eigenvalue weighted by Gasteiger charge is -2.34. The van der Waals surface area contributed by atoms with Gasteiger partial charge in [-0.1, -0.05) is 0 Å². The quantitative estimate of drug-likeness (QED) is 0.599. The fourth-order valence-corrected chi connectivity index (χ4v) is 1.25. The molecular formula is C7H13NO4. The average Bonchev–Trinajstić information content (AvgIpc) is 2.05. The monoisotopic (exact) mass is 175 g/mol. The molecule has 12 heavy (non-hydrogen) atoms. The number of carbonyl (C=O) groups is 1. The van der Waals surface area contributed by atoms with Crippen molar-refractivity contribution in [2.45, 2.75) is 18.4 Å². The highest BCUT2D eigenvalue weighted by atomic mass is 16.6. The molecule has 0 saturated carbocycles. The molecule has 0 spiro atoms. The van der Waals surface area contributed by atoms with E-state index in [1.807, 2.05) is 0 Å². The van der Waals surface area contributed by atoms with E-state index in [1.54, 1.807) is 0 Å². The van der Waals surface area contributed by atoms with Crippen LogP contribution in [0.2, 0.25) is 0 Å². The van der Waals surface area contributed by atoms with E-state index in [2.05, 4.69) is 0 Å². The lowest BCUT2D eigenvalue weighted by atomic mass is 9.95. The standard InChI is InChI=1S/C7H13NO4/c8-6(10)12-7(5-9)1-3-11-4-2-7/h9H,1-5H2,(H2,8,10). The minimum absolute atomic E-state index is 0.195. The molecule has 0 aromatic rings. The van der Waals surface area contributed by atoms with E-state index in [0.29, 0.717) is 26.1 Å². The van der Waals surface area contributed by atoms with Crippen LogP contribution < -0.4 is 5.73 Å². The normalized spacial score (nSPS) is 21.8. The molecule has 1 fully saturated rings. The second-order valence-electron chi connectivity index (χ2n) is 2.87. The first-order valence-electron chi connectivity index (χ1n) is 3.86. The van der Waals surface area contributed by atoms with E-state index in [1.165, 1.54) is 0 Å². The molecule has 1 aliphatic heterocycles. The molecule has 5 heteroatoms. The summed E-state index contributed by atoms with van der Waals surface area (Å²) < 4.78 is 9.90. The van der Waals surface area contributed by atoms with Crippen molar-refractivity contribution >= 4 is 6.09 Å². The lowest BCUT2D eigenvalue weighted by molar-refractivity contribution is -0.0941. The Hall–Kier alpha value is -0.810. The Labute approximate surface area is 70.4 Å². The molecule has 0 unspecified atom stereocenters. The van der Waals surface area contributed by atoms with Gasteiger partial charge in [0, 0.05) is 12.8 Å². The Morgan fingerprint density at radius 3 is 2.58 bits per heavy atom. The van der Waals surface area contributed by atoms with Crippen molar-refractivity contribution in [1.82, 2.24) is 0 Å². The molecule has 0 bridgehead atoms. The molecule has 0 radical (unpaired) electrons. The number of carbonyl (C=O) groups excluding carboxylic acids is 1. The first kappa shape index (κ1) is 9.28. The Morgan fingerprint density at radius 2 is 2.17 bits per heavy atom. The first-order valence-corrected chi connectivity index (χ1v) is 3.86. The van der Waals surface area contributed by atoms with Gasteiger partial charge in [-0.25, -0.2) is 4.79 Å². The van der Waals surface area contributed by atoms with Crippen LogP contribution >= 0.6 is 0 Å². The highest BCUT2D eigenvalue weighted by molar-refractivity contribution is 5.65. The topological polar surface area (TPSA) is 81.8 Å². The molecule has 1 aliphatic rings. The van der Waals surface area contributed by atoms with Gasteiger partial charge in [0.2, 0.25) is 0 Å². The maximum Gasteiger partial charge on any atom is 0.405 e. The van der Waals surface area contributed by atoms with Gasteiger partial charge < -0.3 is 20.3 Å². The van der Waals surface area contributed by atoms with E-state index in [-0.39, 0.29) is 6.61 Å². The second-order valence-corrected chi connectivity index (χ2v) is 2.87. The van der Waals surface area contributed by atoms with Gasteiger partial charge in [0.15, 0.2) is 0 Å². The zero-order chi connectivity index (χ0) is 9.03. The van der Waals surface area contributed by atoms with Crippen LogP contribution in [-0.2, 0) is 9.47 Å². The van der Waals surface area contributed by atoms with Crippen molar-refractivity contribution in [3.05, 3.63) is 0 Å². The van der Waals surface area contributed by atoms with E-state index in [0.717, 1.165) is 0 Å². The Kier molecular flexibility index (Phi) is 2.88. The number of aliphatic hydroxyl groups excluding tert-OH is 1. The number of nitrogens with two attached hydrogens (primary N) is 1. The summed E-state index contributed by atoms with van der Waals surface area (Å²) in [5.41, 5.74) is 4.07. The number of hydrogen-bond donors (Lipinski definition) is 2. The molecule has 3 N–H and O–H groups in total. The van der Waals surface area contributed by atoms with Crippen molar-refractivity contribution in [3.63, 3.8) is 0 Å². The van der Waals surface area contributed by atoms with Gasteiger partial charge in [0.25, 0.3) is 0 Å². The minimum Gasteiger partial charge on any atom is -0.440 e. The summed E-state index contributed by atoms with van der Waals surface area (Å²) in [6, 6.07) is 0. The SMILES string of the molecule is NC(=O)OC1(CO)CCOCC1. The predicted molar refractivity (Wildman–Crippen MR) is 40.5 cm³/mol. The second kappa shape index (κ2) is 3.73. The number of ether oxygens (including phenoxy) is 2. The van der Waals surface area contributed by atoms with Gasteiger partial charge in [-0.2, -0.15) is 0 Å². The lowest BCUT2D eigenvalue weighted by Crippen LogP contribution is -2.45. The average molecular weight is 175 g/mol. The predicted octanol–water partition coefficient (Wildman–Crippen LogP) is -0.377. The van der Waals surface area contributed by atoms with E-state index in [4.69, 9.17) is 20.3 Å². The Morgan fingerprint density at radius 1 is 1.58 bits per heavy atom. The summed E-state index contributed by atoms with van der Waals surface area (Å²) in [7, 11) is 0. The fraction of sp³-hybridized carbons (Fsp3) is 0.857. The van der Waals surface area contributed by atoms with Crippen LogP contribution in [0.3, 0.4) is 0 Å². The zero-order valence-corrected chi connectivity index (χ0v) is 6.78. The summed E-state index contributed by atoms with van der Waals surface area (Å²) in [6.07, 6.45) is 0.171. The Balaban J connectivity index is 2.53. The third-order valence-electron chi connectivity index (χ3n) is 2.01. The van der Waals surface area contributed by atoms with Crippen molar-refractivity contribution in [2.75, 3.05) is 19.8 Å². The number of primary amides is 1. The van der Waals surface area contributed by atoms with Crippen molar-refractivity contribution in [1.29, 1.82) is 0 Å². The van der Waals surface area contributed by atoms with Gasteiger partial charge in [-0.05, 0) is 0 Å². The fourth-order valence-electron chi connectivity index (χ4n) is 1.25. The van der Waals surface area contributed by atoms with Crippen LogP contribution in [0, 0.1) is 0 Å². The molecular weight excluding hydrogens is 162 g/mol. The number of aliphatic hydroxyl groups is 1. The summed E-state index contributed by atoms with van der Waals surface area (Å²) in [4.78, 5) is 10.5. The Bertz CT molecular complexity index is 165. The van der Waals surface area contributed by atoms with Gasteiger partial charge >= 0.3 is 6.09 Å². The maximum atomic E-state index is 10.5. The van der Waals surface area contributed by atoms with E-state index in [9.17, 15) is 4.79 Å². The largest absolute Gasteiger partial charge is 0.440 e. The molecule has 70 valence electrons. The molecule has 1 amide bonds. The summed E-state index contributed by atoms with van der Waals surface area (Å²) >= 11 is 0. The smallest absolute Gasteiger partial charge is 0.405 e. The van der Waals surface area contributed by atoms with Crippen molar-refractivity contribution < 1.29 is 19.4 Å². The summed E-state index contributed by atoms with van der Waals surface area (Å²) in [6.45, 7) is 0.793. The molecule has 0 atom stereocenters. The summed E-state index contributed by atoms with van der Waals surface area (Å²) in [5, 5.41) is 9.00. The van der Waals surface area contributed by atoms with Crippen molar-refractivity contribution in [2.24, 2.45) is 5.73 Å². The number of hydrogen-bond acceptors (Lipinski definition) is 4. The van der Waals surface area contributed by atoms with Gasteiger partial charge in [-0.3, -0.25) is 0 Å². The van der Waals surface area contributed by atoms with E-state index < -0.39 is 11.7 Å². The highest BCUT2D eigenvalue weighted by Gasteiger charge is 2.35. The first-order chi connectivity index (χ1) is 5.68. The number of amides is 1. The molecule has 0 aromatic carbocycles. The maximum absolute atomic E-state index is 10.5. The molecule has 1 saturated heterocycles. The van der Waals surface area contributed by atoms with E-state index >= 15 is 0 Å². The van der Waals surface area contributed by atoms with Crippen LogP contribution in [0.15, 0.2) is 0 Å². The third-order valence-corrected chi connectivity index (χ3v) is 2.01. The zero-order valence-electron chi connectivity index (χ0n) is 6.78. The van der Waals surface area contributed by atoms with Crippen LogP contribution in [0.1, 0.15) is 12.8 Å². The van der Waals surface area contributed by atoms with Crippen LogP contribution in [0.25, 0.3) is 0 Å². The van der Waals surface area contributed by atoms with Crippen LogP contribution in [0.4, 0.5) is 4.79 Å². The molecule has 0 aromatic heterocycles. The van der Waals surface area contributed by atoms with Crippen LogP contribution in [0.5, 0.6) is 0 Å². The van der Waals surface area contributed by atoms with Gasteiger partial charge in [0.05, 0.1) is 19.8 Å². The van der Waals surface area contributed by atoms with Gasteiger partial charge in [0.1, 0.15) is 5.60 Å². The molecule has 1 heterocycles. The third kappa shape index (κ3) is 2.09. The molecule has 0 aliphatic carbocycles. The van der Waals surface area contributed by atoms with Crippen LogP contribution in [-0.4, -0.2) is 36.6 Å². The minimum atomic E-state index is -0.842.